The summed E-state index contributed by atoms with van der Waals surface area (Å²) < 4.78 is 6.77. The van der Waals surface area contributed by atoms with Crippen molar-refractivity contribution in [1.29, 1.82) is 0 Å². The summed E-state index contributed by atoms with van der Waals surface area (Å²) in [6.07, 6.45) is 3.26. The molecule has 1 unspecified atom stereocenters. The Hall–Kier alpha value is -4.60. The topological polar surface area (TPSA) is 107 Å². The van der Waals surface area contributed by atoms with Crippen molar-refractivity contribution < 1.29 is 29.3 Å². The van der Waals surface area contributed by atoms with Crippen molar-refractivity contribution in [3.63, 3.8) is 0 Å². The van der Waals surface area contributed by atoms with Gasteiger partial charge >= 0.3 is 11.9 Å². The number of carbonyl (C=O) groups is 3. The lowest BCUT2D eigenvalue weighted by molar-refractivity contribution is -0.118. The minimum atomic E-state index is -1.25. The van der Waals surface area contributed by atoms with E-state index in [0.29, 0.717) is 23.7 Å². The molecule has 1 amide bonds. The van der Waals surface area contributed by atoms with E-state index in [4.69, 9.17) is 4.74 Å². The third-order valence-corrected chi connectivity index (χ3v) is 9.05. The van der Waals surface area contributed by atoms with Gasteiger partial charge in [-0.3, -0.25) is 4.79 Å². The highest BCUT2D eigenvalue weighted by atomic mass is 32.2. The zero-order valence-electron chi connectivity index (χ0n) is 27.3. The minimum Gasteiger partial charge on any atom is -0.507 e. The van der Waals surface area contributed by atoms with E-state index >= 15 is 0 Å². The quantitative estimate of drug-likeness (QED) is 0.0976. The van der Waals surface area contributed by atoms with Gasteiger partial charge in [-0.05, 0) is 90.7 Å². The van der Waals surface area contributed by atoms with E-state index in [2.05, 4.69) is 26.0 Å². The number of aromatic carboxylic acids is 1. The number of esters is 1. The largest absolute Gasteiger partial charge is 0.507 e. The summed E-state index contributed by atoms with van der Waals surface area (Å²) in [6, 6.07) is 27.6. The predicted octanol–water partition coefficient (Wildman–Crippen LogP) is 8.22. The number of amides is 1. The van der Waals surface area contributed by atoms with Crippen molar-refractivity contribution in [3.05, 3.63) is 124 Å². The van der Waals surface area contributed by atoms with E-state index in [1.807, 2.05) is 59.8 Å². The number of phenols is 1. The van der Waals surface area contributed by atoms with Crippen LogP contribution < -0.4 is 4.90 Å². The standard InChI is InChI=1S/C38H42N2O6S/c1-5-7-29(6-2)30-14-10-28(11-15-30)24-40(32-18-21-34(37(43)44)35(41)22-32)36(42)25-39(47-33-19-8-26(3)9-20-33)23-27-12-16-31(17-13-27)38(45)46-4/h8-22,29,41H,5-7,23-25H2,1-4H3,(H,43,44). The summed E-state index contributed by atoms with van der Waals surface area (Å²) in [5, 5.41) is 20.0. The molecule has 9 heteroatoms. The normalized spacial score (nSPS) is 11.7. The fourth-order valence-electron chi connectivity index (χ4n) is 5.40. The maximum absolute atomic E-state index is 14.2. The van der Waals surface area contributed by atoms with Gasteiger partial charge in [-0.2, -0.15) is 0 Å². The average Bonchev–Trinajstić information content (AvgIpc) is 3.07. The van der Waals surface area contributed by atoms with Gasteiger partial charge in [0.05, 0.1) is 25.8 Å². The molecule has 4 aromatic rings. The SMILES string of the molecule is CCCC(CC)c1ccc(CN(C(=O)CN(Cc2ccc(C(=O)OC)cc2)Sc2ccc(C)cc2)c2ccc(C(=O)O)c(O)c2)cc1. The van der Waals surface area contributed by atoms with Gasteiger partial charge in [-0.15, -0.1) is 0 Å². The average molecular weight is 655 g/mol. The summed E-state index contributed by atoms with van der Waals surface area (Å²) in [4.78, 5) is 40.3. The zero-order chi connectivity index (χ0) is 33.9. The first kappa shape index (κ1) is 35.3. The first-order valence-corrected chi connectivity index (χ1v) is 16.5. The number of carboxylic acid groups (broad SMARTS) is 1. The number of ether oxygens (including phenoxy) is 1. The highest BCUT2D eigenvalue weighted by Gasteiger charge is 2.23. The van der Waals surface area contributed by atoms with Crippen molar-refractivity contribution in [1.82, 2.24) is 4.31 Å². The summed E-state index contributed by atoms with van der Waals surface area (Å²) in [7, 11) is 1.34. The van der Waals surface area contributed by atoms with Crippen LogP contribution in [0.3, 0.4) is 0 Å². The van der Waals surface area contributed by atoms with E-state index in [9.17, 15) is 24.6 Å². The van der Waals surface area contributed by atoms with Crippen LogP contribution in [0.4, 0.5) is 5.69 Å². The molecule has 47 heavy (non-hydrogen) atoms. The highest BCUT2D eigenvalue weighted by Crippen LogP contribution is 2.30. The van der Waals surface area contributed by atoms with Crippen molar-refractivity contribution in [3.8, 4) is 5.75 Å². The first-order valence-electron chi connectivity index (χ1n) is 15.7. The highest BCUT2D eigenvalue weighted by molar-refractivity contribution is 7.97. The van der Waals surface area contributed by atoms with Crippen LogP contribution in [0, 0.1) is 6.92 Å². The van der Waals surface area contributed by atoms with Gasteiger partial charge < -0.3 is 19.8 Å². The molecule has 0 saturated carbocycles. The van der Waals surface area contributed by atoms with E-state index in [1.54, 1.807) is 23.1 Å². The summed E-state index contributed by atoms with van der Waals surface area (Å²) in [5.74, 6) is -1.85. The second-order valence-corrected chi connectivity index (χ2v) is 12.7. The number of carboxylic acids is 1. The minimum absolute atomic E-state index is 0.00519. The Morgan fingerprint density at radius 3 is 2.06 bits per heavy atom. The van der Waals surface area contributed by atoms with Crippen LogP contribution in [0.1, 0.15) is 82.0 Å². The van der Waals surface area contributed by atoms with Crippen LogP contribution >= 0.6 is 11.9 Å². The van der Waals surface area contributed by atoms with Crippen LogP contribution in [0.5, 0.6) is 5.75 Å². The van der Waals surface area contributed by atoms with Crippen LogP contribution in [0.2, 0.25) is 0 Å². The molecule has 0 saturated heterocycles. The lowest BCUT2D eigenvalue weighted by Crippen LogP contribution is -2.37. The molecule has 0 spiro atoms. The van der Waals surface area contributed by atoms with Crippen molar-refractivity contribution in [2.24, 2.45) is 0 Å². The first-order chi connectivity index (χ1) is 22.6. The van der Waals surface area contributed by atoms with Crippen LogP contribution in [-0.4, -0.2) is 46.0 Å². The van der Waals surface area contributed by atoms with E-state index < -0.39 is 17.7 Å². The summed E-state index contributed by atoms with van der Waals surface area (Å²) in [6.45, 7) is 7.02. The van der Waals surface area contributed by atoms with Crippen LogP contribution in [0.25, 0.3) is 0 Å². The predicted molar refractivity (Wildman–Crippen MR) is 186 cm³/mol. The van der Waals surface area contributed by atoms with Gasteiger partial charge in [0.1, 0.15) is 11.3 Å². The second kappa shape index (κ2) is 16.8. The Balaban J connectivity index is 1.65. The lowest BCUT2D eigenvalue weighted by Gasteiger charge is -2.28. The van der Waals surface area contributed by atoms with Gasteiger partial charge in [0, 0.05) is 23.2 Å². The smallest absolute Gasteiger partial charge is 0.339 e. The number of carbonyl (C=O) groups excluding carboxylic acids is 2. The van der Waals surface area contributed by atoms with Crippen LogP contribution in [0.15, 0.2) is 95.9 Å². The molecule has 0 aromatic heterocycles. The molecule has 246 valence electrons. The maximum Gasteiger partial charge on any atom is 0.339 e. The number of hydrogen-bond donors (Lipinski definition) is 2. The molecule has 1 atom stereocenters. The molecule has 0 aliphatic heterocycles. The van der Waals surface area contributed by atoms with Crippen molar-refractivity contribution in [2.75, 3.05) is 18.6 Å². The molecular formula is C38H42N2O6S. The number of hydrogen-bond acceptors (Lipinski definition) is 7. The summed E-state index contributed by atoms with van der Waals surface area (Å²) >= 11 is 1.44. The van der Waals surface area contributed by atoms with Gasteiger partial charge in [-0.1, -0.05) is 74.4 Å². The molecule has 4 rings (SSSR count). The van der Waals surface area contributed by atoms with E-state index in [0.717, 1.165) is 40.8 Å². The number of aromatic hydroxyl groups is 1. The molecular weight excluding hydrogens is 612 g/mol. The van der Waals surface area contributed by atoms with Crippen LogP contribution in [-0.2, 0) is 22.6 Å². The lowest BCUT2D eigenvalue weighted by atomic mass is 9.91. The van der Waals surface area contributed by atoms with Gasteiger partial charge in [0.2, 0.25) is 5.91 Å². The fraction of sp³-hybridized carbons (Fsp3) is 0.289. The Kier molecular flexibility index (Phi) is 12.6. The monoisotopic (exact) mass is 654 g/mol. The maximum atomic E-state index is 14.2. The molecule has 8 nitrogen and oxygen atoms in total. The molecule has 4 aromatic carbocycles. The molecule has 0 heterocycles. The third-order valence-electron chi connectivity index (χ3n) is 8.05. The van der Waals surface area contributed by atoms with Gasteiger partial charge in [-0.25, -0.2) is 13.9 Å². The Labute approximate surface area is 281 Å². The Bertz CT molecular complexity index is 1660. The molecule has 0 aliphatic rings. The number of aryl methyl sites for hydroxylation is 1. The zero-order valence-corrected chi connectivity index (χ0v) is 28.1. The van der Waals surface area contributed by atoms with Crippen molar-refractivity contribution in [2.45, 2.75) is 63.9 Å². The molecule has 0 aliphatic carbocycles. The molecule has 0 fully saturated rings. The number of anilines is 1. The fourth-order valence-corrected chi connectivity index (χ4v) is 6.34. The van der Waals surface area contributed by atoms with E-state index in [1.165, 1.54) is 36.8 Å². The second-order valence-electron chi connectivity index (χ2n) is 11.5. The third kappa shape index (κ3) is 9.70. The number of benzene rings is 4. The van der Waals surface area contributed by atoms with Gasteiger partial charge in [0.15, 0.2) is 0 Å². The molecule has 0 radical (unpaired) electrons. The van der Waals surface area contributed by atoms with Crippen molar-refractivity contribution >= 4 is 35.5 Å². The molecule has 0 bridgehead atoms. The number of rotatable bonds is 15. The Morgan fingerprint density at radius 2 is 1.49 bits per heavy atom. The summed E-state index contributed by atoms with van der Waals surface area (Å²) in [5.41, 5.74) is 4.78. The Morgan fingerprint density at radius 1 is 0.851 bits per heavy atom. The van der Waals surface area contributed by atoms with Gasteiger partial charge in [0.25, 0.3) is 0 Å². The number of methoxy groups -OCH3 is 1. The molecule has 2 N–H and O–H groups in total. The van der Waals surface area contributed by atoms with E-state index in [-0.39, 0.29) is 24.6 Å². The number of nitrogens with zero attached hydrogens (tertiary/aromatic N) is 2.